The van der Waals surface area contributed by atoms with Crippen molar-refractivity contribution in [3.05, 3.63) is 57.2 Å². The number of hydrogen-bond donors (Lipinski definition) is 3. The number of fused-ring (bicyclic) bond motifs is 1. The maximum atomic E-state index is 13.4. The number of halogens is 3. The number of benzene rings is 2. The lowest BCUT2D eigenvalue weighted by Gasteiger charge is -2.30. The van der Waals surface area contributed by atoms with Crippen LogP contribution in [0.3, 0.4) is 0 Å². The van der Waals surface area contributed by atoms with Crippen molar-refractivity contribution in [2.75, 3.05) is 36.2 Å². The summed E-state index contributed by atoms with van der Waals surface area (Å²) in [5.74, 6) is 0.941. The maximum absolute atomic E-state index is 13.4. The monoisotopic (exact) mass is 591 g/mol. The molecule has 0 radical (unpaired) electrons. The second-order valence-corrected chi connectivity index (χ2v) is 10.6. The largest absolute Gasteiger partial charge is 0.377 e. The highest BCUT2D eigenvalue weighted by Gasteiger charge is 2.22. The number of aromatic nitrogens is 1. The zero-order valence-corrected chi connectivity index (χ0v) is 22.3. The highest BCUT2D eigenvalue weighted by atomic mass is 79.9. The summed E-state index contributed by atoms with van der Waals surface area (Å²) in [4.78, 5) is 19.3. The van der Waals surface area contributed by atoms with E-state index in [4.69, 9.17) is 4.98 Å². The molecule has 3 aromatic rings. The van der Waals surface area contributed by atoms with Crippen LogP contribution in [0.1, 0.15) is 25.7 Å². The normalized spacial score (nSPS) is 17.9. The Labute approximate surface area is 216 Å². The molecule has 1 aromatic heterocycles. The van der Waals surface area contributed by atoms with Gasteiger partial charge in [0, 0.05) is 52.8 Å². The second kappa shape index (κ2) is 10.9. The van der Waals surface area contributed by atoms with E-state index in [1.165, 1.54) is 12.1 Å². The highest BCUT2D eigenvalue weighted by Crippen LogP contribution is 2.32. The summed E-state index contributed by atoms with van der Waals surface area (Å²) >= 11 is 6.57. The molecule has 0 saturated heterocycles. The molecule has 0 spiro atoms. The van der Waals surface area contributed by atoms with E-state index in [-0.39, 0.29) is 11.8 Å². The molecule has 0 unspecified atom stereocenters. The van der Waals surface area contributed by atoms with Crippen LogP contribution in [-0.4, -0.2) is 37.7 Å². The van der Waals surface area contributed by atoms with Crippen LogP contribution in [-0.2, 0) is 0 Å². The summed E-state index contributed by atoms with van der Waals surface area (Å²) < 4.78 is 14.4. The van der Waals surface area contributed by atoms with E-state index in [0.717, 1.165) is 48.1 Å². The van der Waals surface area contributed by atoms with Crippen molar-refractivity contribution in [3.8, 4) is 0 Å². The molecular formula is C25H28Br2FN5O. The number of carbonyl (C=O) groups excluding carboxylic acids is 1. The molecule has 1 fully saturated rings. The highest BCUT2D eigenvalue weighted by molar-refractivity contribution is 9.11. The van der Waals surface area contributed by atoms with E-state index in [0.29, 0.717) is 33.1 Å². The SMILES string of the molecule is CN(C)c1cc(NC2CCC(CNC(=O)Nc3c(Br)cc(F)cc3Br)CC2)nc2ccccc12. The first-order valence-corrected chi connectivity index (χ1v) is 12.9. The number of nitrogens with zero attached hydrogens (tertiary/aromatic N) is 2. The summed E-state index contributed by atoms with van der Waals surface area (Å²) in [5, 5.41) is 10.5. The van der Waals surface area contributed by atoms with Crippen LogP contribution in [0.5, 0.6) is 0 Å². The quantitative estimate of drug-likeness (QED) is 0.296. The molecule has 0 aliphatic heterocycles. The van der Waals surface area contributed by atoms with Crippen molar-refractivity contribution < 1.29 is 9.18 Å². The molecule has 9 heteroatoms. The fourth-order valence-electron chi connectivity index (χ4n) is 4.38. The third-order valence-electron chi connectivity index (χ3n) is 6.17. The van der Waals surface area contributed by atoms with Crippen LogP contribution in [0.2, 0.25) is 0 Å². The van der Waals surface area contributed by atoms with Gasteiger partial charge in [-0.05, 0) is 81.7 Å². The predicted octanol–water partition coefficient (Wildman–Crippen LogP) is 6.76. The van der Waals surface area contributed by atoms with Crippen LogP contribution >= 0.6 is 31.9 Å². The summed E-state index contributed by atoms with van der Waals surface area (Å²) in [6.07, 6.45) is 4.09. The van der Waals surface area contributed by atoms with E-state index in [2.05, 4.69) is 64.8 Å². The van der Waals surface area contributed by atoms with Gasteiger partial charge in [-0.3, -0.25) is 0 Å². The number of urea groups is 1. The molecular weight excluding hydrogens is 565 g/mol. The Kier molecular flexibility index (Phi) is 7.93. The van der Waals surface area contributed by atoms with E-state index < -0.39 is 0 Å². The molecule has 180 valence electrons. The van der Waals surface area contributed by atoms with E-state index >= 15 is 0 Å². The van der Waals surface area contributed by atoms with Crippen molar-refractivity contribution in [3.63, 3.8) is 0 Å². The van der Waals surface area contributed by atoms with Crippen LogP contribution in [0.25, 0.3) is 10.9 Å². The average molecular weight is 593 g/mol. The lowest BCUT2D eigenvalue weighted by Crippen LogP contribution is -2.36. The molecule has 1 aliphatic rings. The Morgan fingerprint density at radius 2 is 1.76 bits per heavy atom. The van der Waals surface area contributed by atoms with E-state index in [1.54, 1.807) is 0 Å². The van der Waals surface area contributed by atoms with Crippen LogP contribution in [0.15, 0.2) is 51.4 Å². The third kappa shape index (κ3) is 5.99. The van der Waals surface area contributed by atoms with Gasteiger partial charge in [-0.15, -0.1) is 0 Å². The van der Waals surface area contributed by atoms with Gasteiger partial charge in [-0.25, -0.2) is 14.2 Å². The second-order valence-electron chi connectivity index (χ2n) is 8.88. The lowest BCUT2D eigenvalue weighted by molar-refractivity contribution is 0.246. The summed E-state index contributed by atoms with van der Waals surface area (Å²) in [6.45, 7) is 0.605. The summed E-state index contributed by atoms with van der Waals surface area (Å²) in [7, 11) is 4.10. The first-order valence-electron chi connectivity index (χ1n) is 11.3. The standard InChI is InChI=1S/C25H28Br2FN5O/c1-33(2)22-13-23(31-21-6-4-3-5-18(21)22)30-17-9-7-15(8-10-17)14-29-25(34)32-24-19(26)11-16(28)12-20(24)27/h3-6,11-13,15,17H,7-10,14H2,1-2H3,(H,30,31)(H2,29,32,34). The number of pyridine rings is 1. The number of hydrogen-bond acceptors (Lipinski definition) is 4. The van der Waals surface area contributed by atoms with Gasteiger partial charge in [0.25, 0.3) is 0 Å². The minimum absolute atomic E-state index is 0.301. The van der Waals surface area contributed by atoms with E-state index in [9.17, 15) is 9.18 Å². The molecule has 2 aromatic carbocycles. The van der Waals surface area contributed by atoms with Gasteiger partial charge in [0.15, 0.2) is 0 Å². The lowest BCUT2D eigenvalue weighted by atomic mass is 9.86. The number of para-hydroxylation sites is 1. The van der Waals surface area contributed by atoms with Crippen LogP contribution in [0.4, 0.5) is 26.4 Å². The van der Waals surface area contributed by atoms with Crippen molar-refractivity contribution in [2.24, 2.45) is 5.92 Å². The molecule has 0 atom stereocenters. The van der Waals surface area contributed by atoms with Crippen molar-refractivity contribution in [2.45, 2.75) is 31.7 Å². The summed E-state index contributed by atoms with van der Waals surface area (Å²) in [6, 6.07) is 13.0. The number of rotatable bonds is 6. The molecule has 1 saturated carbocycles. The first kappa shape index (κ1) is 24.7. The Morgan fingerprint density at radius 3 is 2.44 bits per heavy atom. The van der Waals surface area contributed by atoms with Crippen molar-refractivity contribution >= 4 is 66.0 Å². The maximum Gasteiger partial charge on any atom is 0.319 e. The van der Waals surface area contributed by atoms with Crippen molar-refractivity contribution in [1.29, 1.82) is 0 Å². The average Bonchev–Trinajstić information content (AvgIpc) is 2.80. The fraction of sp³-hybridized carbons (Fsp3) is 0.360. The zero-order valence-electron chi connectivity index (χ0n) is 19.2. The Bertz CT molecular complexity index is 1160. The third-order valence-corrected chi connectivity index (χ3v) is 7.42. The molecule has 1 heterocycles. The van der Waals surface area contributed by atoms with Crippen LogP contribution in [0, 0.1) is 11.7 Å². The van der Waals surface area contributed by atoms with Gasteiger partial charge >= 0.3 is 6.03 Å². The molecule has 2 amide bonds. The van der Waals surface area contributed by atoms with Crippen LogP contribution < -0.4 is 20.9 Å². The molecule has 0 bridgehead atoms. The fourth-order valence-corrected chi connectivity index (χ4v) is 5.71. The minimum atomic E-state index is -0.382. The number of amides is 2. The molecule has 1 aliphatic carbocycles. The molecule has 4 rings (SSSR count). The summed E-state index contributed by atoms with van der Waals surface area (Å²) in [5.41, 5.74) is 2.64. The van der Waals surface area contributed by atoms with Gasteiger partial charge < -0.3 is 20.9 Å². The minimum Gasteiger partial charge on any atom is -0.377 e. The Morgan fingerprint density at radius 1 is 1.09 bits per heavy atom. The van der Waals surface area contributed by atoms with Gasteiger partial charge in [-0.2, -0.15) is 0 Å². The zero-order chi connectivity index (χ0) is 24.2. The van der Waals surface area contributed by atoms with E-state index in [1.807, 2.05) is 32.3 Å². The van der Waals surface area contributed by atoms with Gasteiger partial charge in [-0.1, -0.05) is 18.2 Å². The Hall–Kier alpha value is -2.39. The van der Waals surface area contributed by atoms with Gasteiger partial charge in [0.05, 0.1) is 11.2 Å². The molecule has 6 nitrogen and oxygen atoms in total. The topological polar surface area (TPSA) is 69.3 Å². The number of nitrogens with one attached hydrogen (secondary N) is 3. The first-order chi connectivity index (χ1) is 16.3. The van der Waals surface area contributed by atoms with Gasteiger partial charge in [0.1, 0.15) is 11.6 Å². The van der Waals surface area contributed by atoms with Crippen molar-refractivity contribution in [1.82, 2.24) is 10.3 Å². The smallest absolute Gasteiger partial charge is 0.319 e. The molecule has 34 heavy (non-hydrogen) atoms. The Balaban J connectivity index is 1.28. The number of anilines is 3. The molecule has 3 N–H and O–H groups in total. The number of carbonyl (C=O) groups is 1. The predicted molar refractivity (Wildman–Crippen MR) is 144 cm³/mol. The van der Waals surface area contributed by atoms with Gasteiger partial charge in [0.2, 0.25) is 0 Å².